The average molecular weight is 274 g/mol. The van der Waals surface area contributed by atoms with E-state index in [1.807, 2.05) is 0 Å². The zero-order valence-corrected chi connectivity index (χ0v) is 13.5. The van der Waals surface area contributed by atoms with Gasteiger partial charge in [-0.2, -0.15) is 0 Å². The van der Waals surface area contributed by atoms with Crippen LogP contribution in [0.2, 0.25) is 0 Å². The Labute approximate surface area is 124 Å². The maximum Gasteiger partial charge on any atom is 0.0475 e. The van der Waals surface area contributed by atoms with Gasteiger partial charge in [-0.15, -0.1) is 0 Å². The molecule has 20 heavy (non-hydrogen) atoms. The Morgan fingerprint density at radius 1 is 1.25 bits per heavy atom. The van der Waals surface area contributed by atoms with E-state index in [1.54, 1.807) is 0 Å². The molecule has 112 valence electrons. The van der Waals surface area contributed by atoms with Gasteiger partial charge in [0, 0.05) is 17.6 Å². The summed E-state index contributed by atoms with van der Waals surface area (Å²) in [5, 5.41) is 3.76. The molecule has 1 N–H and O–H groups in total. The Balaban J connectivity index is 2.18. The van der Waals surface area contributed by atoms with Crippen molar-refractivity contribution in [1.29, 1.82) is 0 Å². The molecule has 0 aliphatic carbocycles. The Morgan fingerprint density at radius 3 is 2.50 bits per heavy atom. The molecule has 0 saturated carbocycles. The van der Waals surface area contributed by atoms with E-state index in [0.29, 0.717) is 17.6 Å². The lowest BCUT2D eigenvalue weighted by molar-refractivity contribution is 0.0988. The highest BCUT2D eigenvalue weighted by Gasteiger charge is 2.37. The summed E-state index contributed by atoms with van der Waals surface area (Å²) in [6.07, 6.45) is 3.82. The Hall–Kier alpha value is -0.860. The summed E-state index contributed by atoms with van der Waals surface area (Å²) in [6.45, 7) is 11.7. The molecule has 1 aromatic carbocycles. The van der Waals surface area contributed by atoms with Gasteiger partial charge in [-0.3, -0.25) is 4.90 Å². The standard InChI is InChI=1S/C18H30N2/c1-5-13-19-17(16-10-7-6-8-11-16)15(2)20-14-9-12-18(20,3)4/h6-8,10-11,15,17,19H,5,9,12-14H2,1-4H3. The highest BCUT2D eigenvalue weighted by molar-refractivity contribution is 5.21. The van der Waals surface area contributed by atoms with Crippen LogP contribution in [-0.2, 0) is 0 Å². The molecular weight excluding hydrogens is 244 g/mol. The van der Waals surface area contributed by atoms with Crippen molar-refractivity contribution < 1.29 is 0 Å². The maximum atomic E-state index is 3.76. The maximum absolute atomic E-state index is 3.76. The first-order chi connectivity index (χ1) is 9.56. The summed E-state index contributed by atoms with van der Waals surface area (Å²) < 4.78 is 0. The van der Waals surface area contributed by atoms with E-state index in [0.717, 1.165) is 6.54 Å². The summed E-state index contributed by atoms with van der Waals surface area (Å²) in [5.41, 5.74) is 1.75. The number of nitrogens with one attached hydrogen (secondary N) is 1. The Kier molecular flexibility index (Phi) is 5.22. The molecule has 0 amide bonds. The summed E-state index contributed by atoms with van der Waals surface area (Å²) in [6, 6.07) is 11.9. The molecule has 2 rings (SSSR count). The molecule has 0 radical (unpaired) electrons. The number of nitrogens with zero attached hydrogens (tertiary/aromatic N) is 1. The first-order valence-electron chi connectivity index (χ1n) is 8.11. The predicted molar refractivity (Wildman–Crippen MR) is 87.0 cm³/mol. The molecule has 2 atom stereocenters. The van der Waals surface area contributed by atoms with Gasteiger partial charge in [-0.05, 0) is 58.7 Å². The van der Waals surface area contributed by atoms with Crippen molar-refractivity contribution >= 4 is 0 Å². The van der Waals surface area contributed by atoms with Gasteiger partial charge in [-0.1, -0.05) is 37.3 Å². The second kappa shape index (κ2) is 6.73. The van der Waals surface area contributed by atoms with Gasteiger partial charge in [0.05, 0.1) is 0 Å². The van der Waals surface area contributed by atoms with E-state index in [4.69, 9.17) is 0 Å². The highest BCUT2D eigenvalue weighted by atomic mass is 15.3. The fraction of sp³-hybridized carbons (Fsp3) is 0.667. The lowest BCUT2D eigenvalue weighted by atomic mass is 9.94. The third-order valence-corrected chi connectivity index (χ3v) is 4.71. The molecule has 2 nitrogen and oxygen atoms in total. The fourth-order valence-corrected chi connectivity index (χ4v) is 3.59. The molecule has 1 aromatic rings. The van der Waals surface area contributed by atoms with Gasteiger partial charge in [0.25, 0.3) is 0 Å². The molecule has 1 fully saturated rings. The van der Waals surface area contributed by atoms with Crippen LogP contribution in [0.1, 0.15) is 58.6 Å². The molecule has 1 saturated heterocycles. The number of rotatable bonds is 6. The van der Waals surface area contributed by atoms with Crippen molar-refractivity contribution in [2.45, 2.75) is 64.6 Å². The first kappa shape index (κ1) is 15.5. The highest BCUT2D eigenvalue weighted by Crippen LogP contribution is 2.34. The lowest BCUT2D eigenvalue weighted by Crippen LogP contribution is -2.49. The Bertz CT molecular complexity index is 399. The monoisotopic (exact) mass is 274 g/mol. The smallest absolute Gasteiger partial charge is 0.0475 e. The summed E-state index contributed by atoms with van der Waals surface area (Å²) in [5.74, 6) is 0. The SMILES string of the molecule is CCCNC(c1ccccc1)C(C)N1CCCC1(C)C. The third-order valence-electron chi connectivity index (χ3n) is 4.71. The molecule has 0 aromatic heterocycles. The molecule has 1 aliphatic heterocycles. The lowest BCUT2D eigenvalue weighted by Gasteiger charge is -2.41. The third kappa shape index (κ3) is 3.42. The van der Waals surface area contributed by atoms with E-state index < -0.39 is 0 Å². The molecule has 1 aliphatic rings. The first-order valence-corrected chi connectivity index (χ1v) is 8.11. The van der Waals surface area contributed by atoms with Crippen LogP contribution in [-0.4, -0.2) is 29.6 Å². The van der Waals surface area contributed by atoms with Gasteiger partial charge < -0.3 is 5.32 Å². The number of benzene rings is 1. The minimum absolute atomic E-state index is 0.334. The average Bonchev–Trinajstić information content (AvgIpc) is 2.79. The Morgan fingerprint density at radius 2 is 1.95 bits per heavy atom. The van der Waals surface area contributed by atoms with Crippen molar-refractivity contribution in [3.05, 3.63) is 35.9 Å². The van der Waals surface area contributed by atoms with Crippen LogP contribution >= 0.6 is 0 Å². The van der Waals surface area contributed by atoms with E-state index in [2.05, 4.69) is 68.2 Å². The quantitative estimate of drug-likeness (QED) is 0.844. The summed E-state index contributed by atoms with van der Waals surface area (Å²) in [7, 11) is 0. The molecule has 0 bridgehead atoms. The number of hydrogen-bond donors (Lipinski definition) is 1. The summed E-state index contributed by atoms with van der Waals surface area (Å²) in [4.78, 5) is 2.69. The zero-order chi connectivity index (χ0) is 14.6. The van der Waals surface area contributed by atoms with Crippen LogP contribution < -0.4 is 5.32 Å². The van der Waals surface area contributed by atoms with Crippen molar-refractivity contribution in [3.63, 3.8) is 0 Å². The van der Waals surface area contributed by atoms with E-state index in [1.165, 1.54) is 31.4 Å². The second-order valence-corrected chi connectivity index (χ2v) is 6.69. The van der Waals surface area contributed by atoms with Crippen molar-refractivity contribution in [1.82, 2.24) is 10.2 Å². The predicted octanol–water partition coefficient (Wildman–Crippen LogP) is 3.99. The van der Waals surface area contributed by atoms with E-state index >= 15 is 0 Å². The topological polar surface area (TPSA) is 15.3 Å². The fourth-order valence-electron chi connectivity index (χ4n) is 3.59. The largest absolute Gasteiger partial charge is 0.309 e. The van der Waals surface area contributed by atoms with Crippen molar-refractivity contribution in [3.8, 4) is 0 Å². The van der Waals surface area contributed by atoms with Crippen molar-refractivity contribution in [2.24, 2.45) is 0 Å². The van der Waals surface area contributed by atoms with Crippen molar-refractivity contribution in [2.75, 3.05) is 13.1 Å². The van der Waals surface area contributed by atoms with Crippen LogP contribution in [0.5, 0.6) is 0 Å². The van der Waals surface area contributed by atoms with Crippen LogP contribution in [0.3, 0.4) is 0 Å². The molecule has 2 heteroatoms. The van der Waals surface area contributed by atoms with E-state index in [9.17, 15) is 0 Å². The number of hydrogen-bond acceptors (Lipinski definition) is 2. The van der Waals surface area contributed by atoms with E-state index in [-0.39, 0.29) is 0 Å². The van der Waals surface area contributed by atoms with Gasteiger partial charge >= 0.3 is 0 Å². The zero-order valence-electron chi connectivity index (χ0n) is 13.5. The molecule has 0 spiro atoms. The normalized spacial score (nSPS) is 21.8. The van der Waals surface area contributed by atoms with Gasteiger partial charge in [0.15, 0.2) is 0 Å². The van der Waals surface area contributed by atoms with Crippen LogP contribution in [0.15, 0.2) is 30.3 Å². The second-order valence-electron chi connectivity index (χ2n) is 6.69. The minimum Gasteiger partial charge on any atom is -0.309 e. The van der Waals surface area contributed by atoms with Crippen LogP contribution in [0.4, 0.5) is 0 Å². The molecule has 2 unspecified atom stereocenters. The van der Waals surface area contributed by atoms with Gasteiger partial charge in [0.1, 0.15) is 0 Å². The minimum atomic E-state index is 0.334. The number of likely N-dealkylation sites (tertiary alicyclic amines) is 1. The molecular formula is C18H30N2. The van der Waals surface area contributed by atoms with Crippen LogP contribution in [0.25, 0.3) is 0 Å². The van der Waals surface area contributed by atoms with Crippen LogP contribution in [0, 0.1) is 0 Å². The van der Waals surface area contributed by atoms with Gasteiger partial charge in [0.2, 0.25) is 0 Å². The molecule has 1 heterocycles. The summed E-state index contributed by atoms with van der Waals surface area (Å²) >= 11 is 0. The van der Waals surface area contributed by atoms with Gasteiger partial charge in [-0.25, -0.2) is 0 Å².